The molecule has 120 valence electrons. The number of hydrazine groups is 1. The molecule has 0 atom stereocenters. The highest BCUT2D eigenvalue weighted by Gasteiger charge is 2.24. The second-order valence-electron chi connectivity index (χ2n) is 5.19. The predicted octanol–water partition coefficient (Wildman–Crippen LogP) is 1.37. The fraction of sp³-hybridized carbons (Fsp3) is 0.571. The Hall–Kier alpha value is -1.15. The van der Waals surface area contributed by atoms with Crippen molar-refractivity contribution in [3.8, 4) is 0 Å². The largest absolute Gasteiger partial charge is 0.396 e. The molecule has 0 saturated carbocycles. The number of aryl methyl sites for hydroxylation is 2. The molecule has 21 heavy (non-hydrogen) atoms. The van der Waals surface area contributed by atoms with Crippen LogP contribution in [0.1, 0.15) is 30.4 Å². The van der Waals surface area contributed by atoms with Crippen LogP contribution in [0, 0.1) is 13.8 Å². The van der Waals surface area contributed by atoms with Crippen LogP contribution in [0.3, 0.4) is 0 Å². The summed E-state index contributed by atoms with van der Waals surface area (Å²) < 4.78 is 26.7. The summed E-state index contributed by atoms with van der Waals surface area (Å²) in [6.45, 7) is 4.11. The van der Waals surface area contributed by atoms with Gasteiger partial charge in [0, 0.05) is 25.9 Å². The van der Waals surface area contributed by atoms with Gasteiger partial charge >= 0.3 is 0 Å². The highest BCUT2D eigenvalue weighted by atomic mass is 32.2. The first-order chi connectivity index (χ1) is 9.84. The Kier molecular flexibility index (Phi) is 6.60. The van der Waals surface area contributed by atoms with E-state index in [1.165, 1.54) is 4.31 Å². The minimum absolute atomic E-state index is 0.141. The lowest BCUT2D eigenvalue weighted by Gasteiger charge is -2.20. The number of hydrogen-bond donors (Lipinski definition) is 3. The van der Waals surface area contributed by atoms with Gasteiger partial charge in [0.2, 0.25) is 10.0 Å². The van der Waals surface area contributed by atoms with Gasteiger partial charge in [0.05, 0.1) is 4.90 Å². The standard InChI is InChI=1S/C14H25N3O3S/c1-11-9-13(16-15)10-12(2)14(11)21(19,20)17(3)7-5-4-6-8-18/h9-10,16,18H,4-8,15H2,1-3H3. The maximum atomic E-state index is 12.7. The van der Waals surface area contributed by atoms with Gasteiger partial charge in [-0.3, -0.25) is 5.84 Å². The lowest BCUT2D eigenvalue weighted by molar-refractivity contribution is 0.281. The quantitative estimate of drug-likeness (QED) is 0.382. The maximum absolute atomic E-state index is 12.7. The van der Waals surface area contributed by atoms with E-state index in [1.807, 2.05) is 0 Å². The predicted molar refractivity (Wildman–Crippen MR) is 84.5 cm³/mol. The van der Waals surface area contributed by atoms with Crippen molar-refractivity contribution in [3.63, 3.8) is 0 Å². The molecule has 0 aliphatic rings. The summed E-state index contributed by atoms with van der Waals surface area (Å²) in [5, 5.41) is 8.74. The van der Waals surface area contributed by atoms with Crippen LogP contribution >= 0.6 is 0 Å². The molecule has 0 aromatic heterocycles. The Balaban J connectivity index is 2.97. The van der Waals surface area contributed by atoms with E-state index in [9.17, 15) is 8.42 Å². The Bertz CT molecular complexity index is 550. The van der Waals surface area contributed by atoms with E-state index in [0.29, 0.717) is 34.7 Å². The van der Waals surface area contributed by atoms with Gasteiger partial charge in [0.25, 0.3) is 0 Å². The molecule has 7 heteroatoms. The number of sulfonamides is 1. The normalized spacial score (nSPS) is 11.9. The van der Waals surface area contributed by atoms with Gasteiger partial charge in [0.1, 0.15) is 0 Å². The number of aliphatic hydroxyl groups is 1. The molecule has 1 aromatic carbocycles. The first-order valence-corrected chi connectivity index (χ1v) is 8.43. The van der Waals surface area contributed by atoms with Crippen LogP contribution < -0.4 is 11.3 Å². The number of anilines is 1. The number of nitrogens with one attached hydrogen (secondary N) is 1. The zero-order chi connectivity index (χ0) is 16.0. The van der Waals surface area contributed by atoms with Crippen molar-refractivity contribution in [3.05, 3.63) is 23.3 Å². The molecular formula is C14H25N3O3S. The number of hydrogen-bond acceptors (Lipinski definition) is 5. The molecule has 6 nitrogen and oxygen atoms in total. The molecule has 4 N–H and O–H groups in total. The zero-order valence-corrected chi connectivity index (χ0v) is 13.7. The van der Waals surface area contributed by atoms with Crippen molar-refractivity contribution in [1.82, 2.24) is 4.31 Å². The van der Waals surface area contributed by atoms with Crippen LogP contribution in [0.15, 0.2) is 17.0 Å². The van der Waals surface area contributed by atoms with Crippen molar-refractivity contribution in [2.45, 2.75) is 38.0 Å². The van der Waals surface area contributed by atoms with Gasteiger partial charge < -0.3 is 10.5 Å². The monoisotopic (exact) mass is 315 g/mol. The van der Waals surface area contributed by atoms with Crippen LogP contribution in [-0.2, 0) is 10.0 Å². The molecule has 0 heterocycles. The van der Waals surface area contributed by atoms with Gasteiger partial charge in [0.15, 0.2) is 0 Å². The SMILES string of the molecule is Cc1cc(NN)cc(C)c1S(=O)(=O)N(C)CCCCCO. The van der Waals surface area contributed by atoms with Crippen LogP contribution in [0.4, 0.5) is 5.69 Å². The fourth-order valence-electron chi connectivity index (χ4n) is 2.34. The van der Waals surface area contributed by atoms with Crippen molar-refractivity contribution >= 4 is 15.7 Å². The third-order valence-corrected chi connectivity index (χ3v) is 5.59. The lowest BCUT2D eigenvalue weighted by Crippen LogP contribution is -2.29. The van der Waals surface area contributed by atoms with E-state index in [1.54, 1.807) is 33.0 Å². The van der Waals surface area contributed by atoms with Crippen molar-refractivity contribution in [2.75, 3.05) is 25.6 Å². The smallest absolute Gasteiger partial charge is 0.243 e. The van der Waals surface area contributed by atoms with E-state index in [2.05, 4.69) is 5.43 Å². The van der Waals surface area contributed by atoms with Gasteiger partial charge in [-0.25, -0.2) is 12.7 Å². The third-order valence-electron chi connectivity index (χ3n) is 3.43. The first kappa shape index (κ1) is 17.9. The van der Waals surface area contributed by atoms with Gasteiger partial charge in [-0.15, -0.1) is 0 Å². The second kappa shape index (κ2) is 7.74. The number of unbranched alkanes of at least 4 members (excludes halogenated alkanes) is 2. The second-order valence-corrected chi connectivity index (χ2v) is 7.18. The minimum Gasteiger partial charge on any atom is -0.396 e. The van der Waals surface area contributed by atoms with Gasteiger partial charge in [-0.2, -0.15) is 0 Å². The van der Waals surface area contributed by atoms with Crippen molar-refractivity contribution < 1.29 is 13.5 Å². The Morgan fingerprint density at radius 1 is 1.19 bits per heavy atom. The van der Waals surface area contributed by atoms with Gasteiger partial charge in [-0.05, 0) is 56.4 Å². The van der Waals surface area contributed by atoms with E-state index in [0.717, 1.165) is 12.8 Å². The number of nitrogens with zero attached hydrogens (tertiary/aromatic N) is 1. The summed E-state index contributed by atoms with van der Waals surface area (Å²) in [6.07, 6.45) is 2.24. The summed E-state index contributed by atoms with van der Waals surface area (Å²) in [6, 6.07) is 3.44. The molecule has 0 unspecified atom stereocenters. The van der Waals surface area contributed by atoms with Gasteiger partial charge in [-0.1, -0.05) is 0 Å². The van der Waals surface area contributed by atoms with Crippen molar-refractivity contribution in [2.24, 2.45) is 5.84 Å². The molecule has 0 amide bonds. The summed E-state index contributed by atoms with van der Waals surface area (Å²) in [5.41, 5.74) is 4.57. The van der Waals surface area contributed by atoms with Crippen LogP contribution in [0.25, 0.3) is 0 Å². The zero-order valence-electron chi connectivity index (χ0n) is 12.9. The Labute approximate surface area is 127 Å². The number of nitrogen functional groups attached to an aromatic ring is 1. The number of nitrogens with two attached hydrogens (primary N) is 1. The molecule has 1 aromatic rings. The van der Waals surface area contributed by atoms with Crippen molar-refractivity contribution in [1.29, 1.82) is 0 Å². The molecular weight excluding hydrogens is 290 g/mol. The van der Waals surface area contributed by atoms with E-state index in [-0.39, 0.29) is 6.61 Å². The summed E-state index contributed by atoms with van der Waals surface area (Å²) in [4.78, 5) is 0.339. The van der Waals surface area contributed by atoms with Crippen LogP contribution in [0.2, 0.25) is 0 Å². The summed E-state index contributed by atoms with van der Waals surface area (Å²) in [5.74, 6) is 5.37. The van der Waals surface area contributed by atoms with E-state index >= 15 is 0 Å². The maximum Gasteiger partial charge on any atom is 0.243 e. The summed E-state index contributed by atoms with van der Waals surface area (Å²) >= 11 is 0. The molecule has 1 rings (SSSR count). The number of rotatable bonds is 8. The molecule has 0 bridgehead atoms. The van der Waals surface area contributed by atoms with Crippen LogP contribution in [-0.4, -0.2) is 38.0 Å². The third kappa shape index (κ3) is 4.41. The first-order valence-electron chi connectivity index (χ1n) is 6.99. The minimum atomic E-state index is -3.51. The topological polar surface area (TPSA) is 95.7 Å². The molecule has 0 fully saturated rings. The number of benzene rings is 1. The van der Waals surface area contributed by atoms with E-state index < -0.39 is 10.0 Å². The Morgan fingerprint density at radius 3 is 2.24 bits per heavy atom. The molecule has 0 radical (unpaired) electrons. The Morgan fingerprint density at radius 2 is 1.76 bits per heavy atom. The molecule has 0 aliphatic carbocycles. The fourth-order valence-corrected chi connectivity index (χ4v) is 3.95. The average molecular weight is 315 g/mol. The molecule has 0 spiro atoms. The molecule has 0 aliphatic heterocycles. The number of aliphatic hydroxyl groups excluding tert-OH is 1. The van der Waals surface area contributed by atoms with Crippen LogP contribution in [0.5, 0.6) is 0 Å². The average Bonchev–Trinajstić information content (AvgIpc) is 2.42. The lowest BCUT2D eigenvalue weighted by atomic mass is 10.1. The van der Waals surface area contributed by atoms with E-state index in [4.69, 9.17) is 10.9 Å². The highest BCUT2D eigenvalue weighted by molar-refractivity contribution is 7.89. The molecule has 0 saturated heterocycles. The summed E-state index contributed by atoms with van der Waals surface area (Å²) in [7, 11) is -1.92. The highest BCUT2D eigenvalue weighted by Crippen LogP contribution is 2.26.